The molecule has 0 aliphatic rings. The van der Waals surface area contributed by atoms with Crippen molar-refractivity contribution in [1.82, 2.24) is 9.78 Å². The largest absolute Gasteiger partial charge is 0.493 e. The number of methoxy groups -OCH3 is 2. The van der Waals surface area contributed by atoms with Gasteiger partial charge in [-0.15, -0.1) is 0 Å². The first-order valence-corrected chi connectivity index (χ1v) is 7.95. The highest BCUT2D eigenvalue weighted by atomic mass is 16.5. The van der Waals surface area contributed by atoms with E-state index in [1.165, 1.54) is 5.56 Å². The first-order chi connectivity index (χ1) is 12.1. The number of carbonyl (C=O) groups is 1. The molecule has 1 heterocycles. The zero-order valence-electron chi connectivity index (χ0n) is 14.5. The summed E-state index contributed by atoms with van der Waals surface area (Å²) in [6.07, 6.45) is 2.59. The van der Waals surface area contributed by atoms with Crippen molar-refractivity contribution >= 4 is 6.29 Å². The van der Waals surface area contributed by atoms with E-state index in [0.717, 1.165) is 17.4 Å². The Bertz CT molecular complexity index is 882. The van der Waals surface area contributed by atoms with Crippen molar-refractivity contribution in [2.75, 3.05) is 14.2 Å². The zero-order valence-corrected chi connectivity index (χ0v) is 14.5. The van der Waals surface area contributed by atoms with Gasteiger partial charge in [0.05, 0.1) is 26.3 Å². The van der Waals surface area contributed by atoms with Crippen LogP contribution in [0.2, 0.25) is 0 Å². The summed E-state index contributed by atoms with van der Waals surface area (Å²) < 4.78 is 12.4. The SMILES string of the molecule is COc1ccc(-c2nn(Cc3ccc(C)cc3)cc2C=O)cc1OC. The number of aryl methyl sites for hydroxylation is 1. The third kappa shape index (κ3) is 3.55. The van der Waals surface area contributed by atoms with Crippen LogP contribution in [-0.2, 0) is 6.54 Å². The summed E-state index contributed by atoms with van der Waals surface area (Å²) in [6.45, 7) is 2.66. The number of aromatic nitrogens is 2. The summed E-state index contributed by atoms with van der Waals surface area (Å²) in [7, 11) is 3.17. The standard InChI is InChI=1S/C20H20N2O3/c1-14-4-6-15(7-5-14)11-22-12-17(13-23)20(21-22)16-8-9-18(24-2)19(10-16)25-3/h4-10,12-13H,11H2,1-3H3. The molecule has 1 aromatic heterocycles. The second kappa shape index (κ2) is 7.21. The van der Waals surface area contributed by atoms with Crippen molar-refractivity contribution < 1.29 is 14.3 Å². The second-order valence-corrected chi connectivity index (χ2v) is 5.80. The smallest absolute Gasteiger partial charge is 0.161 e. The van der Waals surface area contributed by atoms with E-state index >= 15 is 0 Å². The predicted molar refractivity (Wildman–Crippen MR) is 96.4 cm³/mol. The Morgan fingerprint density at radius 1 is 1.04 bits per heavy atom. The minimum atomic E-state index is 0.541. The topological polar surface area (TPSA) is 53.4 Å². The number of hydrogen-bond acceptors (Lipinski definition) is 4. The lowest BCUT2D eigenvalue weighted by Gasteiger charge is -2.08. The summed E-state index contributed by atoms with van der Waals surface area (Å²) in [6, 6.07) is 13.8. The molecule has 128 valence electrons. The molecular formula is C20H20N2O3. The van der Waals surface area contributed by atoms with Crippen molar-refractivity contribution in [2.45, 2.75) is 13.5 Å². The molecule has 5 nitrogen and oxygen atoms in total. The van der Waals surface area contributed by atoms with Crippen molar-refractivity contribution in [3.05, 3.63) is 65.4 Å². The molecule has 3 rings (SSSR count). The van der Waals surface area contributed by atoms with Gasteiger partial charge in [0.1, 0.15) is 5.69 Å². The molecule has 0 N–H and O–H groups in total. The third-order valence-corrected chi connectivity index (χ3v) is 4.04. The Morgan fingerprint density at radius 3 is 2.40 bits per heavy atom. The van der Waals surface area contributed by atoms with E-state index in [1.54, 1.807) is 25.1 Å². The summed E-state index contributed by atoms with van der Waals surface area (Å²) in [4.78, 5) is 11.5. The molecule has 2 aromatic carbocycles. The van der Waals surface area contributed by atoms with Crippen molar-refractivity contribution in [3.63, 3.8) is 0 Å². The van der Waals surface area contributed by atoms with Crippen LogP contribution < -0.4 is 9.47 Å². The van der Waals surface area contributed by atoms with E-state index in [2.05, 4.69) is 36.3 Å². The van der Waals surface area contributed by atoms with Crippen LogP contribution >= 0.6 is 0 Å². The Morgan fingerprint density at radius 2 is 1.76 bits per heavy atom. The van der Waals surface area contributed by atoms with Crippen LogP contribution in [0.3, 0.4) is 0 Å². The Balaban J connectivity index is 1.95. The van der Waals surface area contributed by atoms with Crippen LogP contribution in [0.15, 0.2) is 48.7 Å². The van der Waals surface area contributed by atoms with Gasteiger partial charge in [0, 0.05) is 11.8 Å². The van der Waals surface area contributed by atoms with Crippen LogP contribution in [0.4, 0.5) is 0 Å². The van der Waals surface area contributed by atoms with Gasteiger partial charge in [-0.2, -0.15) is 5.10 Å². The molecule has 0 bridgehead atoms. The normalized spacial score (nSPS) is 10.5. The van der Waals surface area contributed by atoms with Gasteiger partial charge in [0.15, 0.2) is 17.8 Å². The first-order valence-electron chi connectivity index (χ1n) is 7.95. The van der Waals surface area contributed by atoms with E-state index in [1.807, 2.05) is 18.2 Å². The average Bonchev–Trinajstić information content (AvgIpc) is 3.06. The number of rotatable bonds is 6. The lowest BCUT2D eigenvalue weighted by atomic mass is 10.1. The monoisotopic (exact) mass is 336 g/mol. The molecule has 0 saturated carbocycles. The molecule has 0 unspecified atom stereocenters. The van der Waals surface area contributed by atoms with E-state index in [0.29, 0.717) is 29.3 Å². The van der Waals surface area contributed by atoms with Gasteiger partial charge in [-0.1, -0.05) is 29.8 Å². The summed E-state index contributed by atoms with van der Waals surface area (Å²) >= 11 is 0. The minimum Gasteiger partial charge on any atom is -0.493 e. The van der Waals surface area contributed by atoms with E-state index in [4.69, 9.17) is 9.47 Å². The molecule has 3 aromatic rings. The number of carbonyl (C=O) groups excluding carboxylic acids is 1. The minimum absolute atomic E-state index is 0.541. The lowest BCUT2D eigenvalue weighted by Crippen LogP contribution is -2.00. The van der Waals surface area contributed by atoms with Crippen LogP contribution in [0.1, 0.15) is 21.5 Å². The fourth-order valence-electron chi connectivity index (χ4n) is 2.69. The predicted octanol–water partition coefficient (Wildman–Crippen LogP) is 3.74. The van der Waals surface area contributed by atoms with Gasteiger partial charge in [0.2, 0.25) is 0 Å². The highest BCUT2D eigenvalue weighted by Crippen LogP contribution is 2.32. The van der Waals surface area contributed by atoms with Gasteiger partial charge in [0.25, 0.3) is 0 Å². The molecule has 0 radical (unpaired) electrons. The quantitative estimate of drug-likeness (QED) is 0.644. The van der Waals surface area contributed by atoms with E-state index < -0.39 is 0 Å². The molecule has 0 spiro atoms. The van der Waals surface area contributed by atoms with E-state index in [9.17, 15) is 4.79 Å². The van der Waals surface area contributed by atoms with Crippen LogP contribution in [0, 0.1) is 6.92 Å². The number of nitrogens with zero attached hydrogens (tertiary/aromatic N) is 2. The van der Waals surface area contributed by atoms with Crippen molar-refractivity contribution in [2.24, 2.45) is 0 Å². The molecule has 0 atom stereocenters. The Hall–Kier alpha value is -3.08. The molecule has 0 amide bonds. The first kappa shape index (κ1) is 16.8. The molecule has 5 heteroatoms. The summed E-state index contributed by atoms with van der Waals surface area (Å²) in [5.41, 5.74) is 4.32. The maximum absolute atomic E-state index is 11.5. The van der Waals surface area contributed by atoms with Crippen molar-refractivity contribution in [1.29, 1.82) is 0 Å². The molecule has 0 saturated heterocycles. The maximum Gasteiger partial charge on any atom is 0.161 e. The molecule has 0 fully saturated rings. The molecule has 25 heavy (non-hydrogen) atoms. The van der Waals surface area contributed by atoms with Crippen LogP contribution in [-0.4, -0.2) is 30.3 Å². The number of aldehydes is 1. The molecule has 0 aliphatic heterocycles. The van der Waals surface area contributed by atoms with Crippen LogP contribution in [0.25, 0.3) is 11.3 Å². The van der Waals surface area contributed by atoms with E-state index in [-0.39, 0.29) is 0 Å². The molecular weight excluding hydrogens is 316 g/mol. The van der Waals surface area contributed by atoms with Gasteiger partial charge in [-0.05, 0) is 30.7 Å². The highest BCUT2D eigenvalue weighted by Gasteiger charge is 2.14. The summed E-state index contributed by atoms with van der Waals surface area (Å²) in [5.74, 6) is 1.24. The van der Waals surface area contributed by atoms with Crippen molar-refractivity contribution in [3.8, 4) is 22.8 Å². The second-order valence-electron chi connectivity index (χ2n) is 5.80. The fraction of sp³-hybridized carbons (Fsp3) is 0.200. The van der Waals surface area contributed by atoms with Gasteiger partial charge < -0.3 is 9.47 Å². The number of hydrogen-bond donors (Lipinski definition) is 0. The number of benzene rings is 2. The van der Waals surface area contributed by atoms with Crippen LogP contribution in [0.5, 0.6) is 11.5 Å². The fourth-order valence-corrected chi connectivity index (χ4v) is 2.69. The third-order valence-electron chi connectivity index (χ3n) is 4.04. The zero-order chi connectivity index (χ0) is 17.8. The molecule has 0 aliphatic carbocycles. The van der Waals surface area contributed by atoms with Gasteiger partial charge in [-0.25, -0.2) is 0 Å². The van der Waals surface area contributed by atoms with Gasteiger partial charge in [-0.3, -0.25) is 9.48 Å². The Kier molecular flexibility index (Phi) is 4.84. The Labute approximate surface area is 146 Å². The van der Waals surface area contributed by atoms with Gasteiger partial charge >= 0.3 is 0 Å². The summed E-state index contributed by atoms with van der Waals surface area (Å²) in [5, 5.41) is 4.59. The number of ether oxygens (including phenoxy) is 2. The lowest BCUT2D eigenvalue weighted by molar-refractivity contribution is 0.112. The highest BCUT2D eigenvalue weighted by molar-refractivity contribution is 5.85. The maximum atomic E-state index is 11.5. The average molecular weight is 336 g/mol.